The summed E-state index contributed by atoms with van der Waals surface area (Å²) in [5.74, 6) is -4.33. The van der Waals surface area contributed by atoms with Gasteiger partial charge in [0.15, 0.2) is 0 Å². The second-order valence-electron chi connectivity index (χ2n) is 4.70. The Balaban J connectivity index is 2.59. The van der Waals surface area contributed by atoms with Gasteiger partial charge in [-0.15, -0.1) is 0 Å². The number of carbonyl (C=O) groups is 2. The van der Waals surface area contributed by atoms with Crippen LogP contribution in [-0.2, 0) is 24.8 Å². The largest absolute Gasteiger partial charge is 0.481 e. The van der Waals surface area contributed by atoms with Crippen LogP contribution in [0.25, 0.3) is 0 Å². The first-order chi connectivity index (χ1) is 11.6. The van der Waals surface area contributed by atoms with E-state index < -0.39 is 41.1 Å². The van der Waals surface area contributed by atoms with Crippen LogP contribution >= 0.6 is 16.9 Å². The summed E-state index contributed by atoms with van der Waals surface area (Å²) in [6, 6.07) is 5.74. The summed E-state index contributed by atoms with van der Waals surface area (Å²) in [7, 11) is -6.73. The van der Waals surface area contributed by atoms with E-state index in [9.17, 15) is 19.3 Å². The smallest absolute Gasteiger partial charge is 0.331 e. The molecule has 0 aliphatic heterocycles. The molecule has 0 radical (unpaired) electrons. The minimum atomic E-state index is -3.65. The Morgan fingerprint density at radius 1 is 1.24 bits per heavy atom. The molecule has 0 bridgehead atoms. The second-order valence-corrected chi connectivity index (χ2v) is 6.12. The van der Waals surface area contributed by atoms with Gasteiger partial charge in [-0.05, 0) is 17.7 Å². The highest BCUT2D eigenvalue weighted by atomic mass is 31.2. The molecule has 11 nitrogen and oxygen atoms in total. The second kappa shape index (κ2) is 9.91. The average molecular weight is 397 g/mol. The number of rotatable bonds is 10. The number of amides is 1. The zero-order valence-electron chi connectivity index (χ0n) is 12.7. The van der Waals surface area contributed by atoms with Crippen LogP contribution in [0.15, 0.2) is 24.3 Å². The van der Waals surface area contributed by atoms with E-state index in [1.807, 2.05) is 0 Å². The van der Waals surface area contributed by atoms with E-state index in [0.29, 0.717) is 5.56 Å². The van der Waals surface area contributed by atoms with Crippen LogP contribution in [0.5, 0.6) is 0 Å². The summed E-state index contributed by atoms with van der Waals surface area (Å²) in [6.07, 6.45) is -0.748. The lowest BCUT2D eigenvalue weighted by molar-refractivity contribution is -0.278. The molecular weight excluding hydrogens is 380 g/mol. The minimum Gasteiger partial charge on any atom is -0.481 e. The molecule has 25 heavy (non-hydrogen) atoms. The molecule has 2 unspecified atom stereocenters. The molecule has 2 atom stereocenters. The third-order valence-corrected chi connectivity index (χ3v) is 3.71. The first-order valence-corrected chi connectivity index (χ1v) is 9.14. The summed E-state index contributed by atoms with van der Waals surface area (Å²) in [5.41, 5.74) is 0.717. The Hall–Kier alpha value is -1.42. The Bertz CT molecular complexity index is 623. The van der Waals surface area contributed by atoms with Gasteiger partial charge in [-0.2, -0.15) is 0 Å². The van der Waals surface area contributed by atoms with E-state index >= 15 is 0 Å². The number of aliphatic carboxylic acids is 1. The van der Waals surface area contributed by atoms with Crippen LogP contribution in [0.4, 0.5) is 0 Å². The molecule has 0 saturated carbocycles. The van der Waals surface area contributed by atoms with Crippen molar-refractivity contribution in [3.63, 3.8) is 0 Å². The van der Waals surface area contributed by atoms with Crippen LogP contribution < -0.4 is 5.32 Å². The normalized spacial score (nSPS) is 14.8. The van der Waals surface area contributed by atoms with Crippen LogP contribution in [0, 0.1) is 0 Å². The number of carboxylic acids is 1. The predicted octanol–water partition coefficient (Wildman–Crippen LogP) is -0.294. The van der Waals surface area contributed by atoms with Gasteiger partial charge in [-0.1, -0.05) is 12.1 Å². The van der Waals surface area contributed by atoms with Gasteiger partial charge in [0.05, 0.1) is 6.42 Å². The number of benzene rings is 1. The Labute approximate surface area is 143 Å². The minimum absolute atomic E-state index is 0.185. The van der Waals surface area contributed by atoms with Crippen LogP contribution in [0.3, 0.4) is 0 Å². The fourth-order valence-corrected chi connectivity index (χ4v) is 2.63. The molecule has 0 spiro atoms. The molecule has 13 heteroatoms. The lowest BCUT2D eigenvalue weighted by Gasteiger charge is -2.26. The molecule has 0 aliphatic rings. The quantitative estimate of drug-likeness (QED) is 0.226. The van der Waals surface area contributed by atoms with Crippen LogP contribution in [-0.4, -0.2) is 49.3 Å². The summed E-state index contributed by atoms with van der Waals surface area (Å²) < 4.78 is 19.1. The Kier molecular flexibility index (Phi) is 8.57. The maximum Gasteiger partial charge on any atom is 0.331 e. The summed E-state index contributed by atoms with van der Waals surface area (Å²) in [6.45, 7) is -0.287. The first-order valence-electron chi connectivity index (χ1n) is 6.71. The molecule has 0 aromatic heterocycles. The van der Waals surface area contributed by atoms with Crippen LogP contribution in [0.1, 0.15) is 22.3 Å². The average Bonchev–Trinajstić information content (AvgIpc) is 2.45. The van der Waals surface area contributed by atoms with Crippen molar-refractivity contribution in [3.05, 3.63) is 35.4 Å². The van der Waals surface area contributed by atoms with Gasteiger partial charge in [0.25, 0.3) is 11.9 Å². The van der Waals surface area contributed by atoms with E-state index in [4.69, 9.17) is 19.8 Å². The third kappa shape index (κ3) is 8.48. The Morgan fingerprint density at radius 3 is 2.32 bits per heavy atom. The molecule has 1 rings (SSSR count). The number of carboxylic acid groups (broad SMARTS) is 1. The maximum atomic E-state index is 11.9. The topological polar surface area (TPSA) is 183 Å². The molecule has 1 aromatic carbocycles. The summed E-state index contributed by atoms with van der Waals surface area (Å²) in [5, 5.41) is 20.8. The monoisotopic (exact) mass is 397 g/mol. The van der Waals surface area contributed by atoms with E-state index in [2.05, 4.69) is 14.4 Å². The summed E-state index contributed by atoms with van der Waals surface area (Å²) in [4.78, 5) is 48.6. The van der Waals surface area contributed by atoms with Gasteiger partial charge in [-0.25, -0.2) is 0 Å². The number of aliphatic hydroxyl groups is 1. The standard InChI is InChI=1S/C12H17NO10P2/c14-10(15)7-8-1-3-9(4-2-8)11(16)13-6-5-12(17,22-24(18)19)23-25(20)21/h1-4,17-19,25H,5-7H2,(H,13,16)(H,14,15)(H,20,21). The lowest BCUT2D eigenvalue weighted by atomic mass is 10.1. The van der Waals surface area contributed by atoms with E-state index in [-0.39, 0.29) is 18.5 Å². The van der Waals surface area contributed by atoms with E-state index in [1.165, 1.54) is 24.3 Å². The van der Waals surface area contributed by atoms with Gasteiger partial charge in [-0.3, -0.25) is 23.2 Å². The number of hydrogen-bond acceptors (Lipinski definition) is 8. The SMILES string of the molecule is O=C(O)Cc1ccc(C(=O)NCCC(O)(OP(O)O)O[PH](=O)O)cc1. The van der Waals surface area contributed by atoms with Gasteiger partial charge in [0, 0.05) is 18.5 Å². The van der Waals surface area contributed by atoms with Crippen molar-refractivity contribution in [2.45, 2.75) is 18.8 Å². The van der Waals surface area contributed by atoms with Gasteiger partial charge < -0.3 is 30.2 Å². The number of nitrogens with one attached hydrogen (secondary N) is 1. The lowest BCUT2D eigenvalue weighted by Crippen LogP contribution is -2.37. The van der Waals surface area contributed by atoms with Crippen molar-refractivity contribution in [1.29, 1.82) is 0 Å². The highest BCUT2D eigenvalue weighted by Gasteiger charge is 2.34. The van der Waals surface area contributed by atoms with Crippen molar-refractivity contribution in [2.24, 2.45) is 0 Å². The zero-order chi connectivity index (χ0) is 19.0. The molecule has 0 saturated heterocycles. The molecule has 1 aromatic rings. The molecule has 6 N–H and O–H groups in total. The van der Waals surface area contributed by atoms with Crippen LogP contribution in [0.2, 0.25) is 0 Å². The van der Waals surface area contributed by atoms with Crippen molar-refractivity contribution in [3.8, 4) is 0 Å². The highest BCUT2D eigenvalue weighted by molar-refractivity contribution is 7.39. The van der Waals surface area contributed by atoms with Crippen molar-refractivity contribution >= 4 is 28.7 Å². The zero-order valence-corrected chi connectivity index (χ0v) is 14.5. The molecular formula is C12H17NO10P2. The molecule has 140 valence electrons. The highest BCUT2D eigenvalue weighted by Crippen LogP contribution is 2.38. The first kappa shape index (κ1) is 21.6. The number of carbonyl (C=O) groups excluding carboxylic acids is 1. The molecule has 0 heterocycles. The fourth-order valence-electron chi connectivity index (χ4n) is 1.76. The van der Waals surface area contributed by atoms with Crippen molar-refractivity contribution in [2.75, 3.05) is 6.54 Å². The van der Waals surface area contributed by atoms with E-state index in [0.717, 1.165) is 0 Å². The Morgan fingerprint density at radius 2 is 1.84 bits per heavy atom. The molecule has 0 fully saturated rings. The summed E-state index contributed by atoms with van der Waals surface area (Å²) >= 11 is 0. The van der Waals surface area contributed by atoms with E-state index in [1.54, 1.807) is 0 Å². The third-order valence-electron chi connectivity index (χ3n) is 2.77. The molecule has 1 amide bonds. The molecule has 0 aliphatic carbocycles. The number of hydrogen-bond donors (Lipinski definition) is 6. The van der Waals surface area contributed by atoms with Crippen molar-refractivity contribution < 1.29 is 48.1 Å². The fraction of sp³-hybridized carbons (Fsp3) is 0.333. The predicted molar refractivity (Wildman–Crippen MR) is 84.4 cm³/mol. The van der Waals surface area contributed by atoms with Crippen molar-refractivity contribution in [1.82, 2.24) is 5.32 Å². The van der Waals surface area contributed by atoms with Gasteiger partial charge in [0.1, 0.15) is 0 Å². The maximum absolute atomic E-state index is 11.9. The van der Waals surface area contributed by atoms with Gasteiger partial charge in [0.2, 0.25) is 0 Å². The van der Waals surface area contributed by atoms with Gasteiger partial charge >= 0.3 is 22.8 Å².